The number of hydrogen-bond donors (Lipinski definition) is 1. The van der Waals surface area contributed by atoms with Gasteiger partial charge in [0, 0.05) is 5.56 Å². The van der Waals surface area contributed by atoms with Crippen LogP contribution in [-0.4, -0.2) is 30.7 Å². The average Bonchev–Trinajstić information content (AvgIpc) is 2.39. The van der Waals surface area contributed by atoms with E-state index < -0.39 is 0 Å². The van der Waals surface area contributed by atoms with Crippen LogP contribution in [0.3, 0.4) is 0 Å². The maximum Gasteiger partial charge on any atom is 0.124 e. The third-order valence-corrected chi connectivity index (χ3v) is 3.86. The van der Waals surface area contributed by atoms with E-state index in [4.69, 9.17) is 0 Å². The zero-order valence-electron chi connectivity index (χ0n) is 14.9. The Balaban J connectivity index is 0.00000441. The second-order valence-corrected chi connectivity index (χ2v) is 7.28. The zero-order valence-corrected chi connectivity index (χ0v) is 15.6. The van der Waals surface area contributed by atoms with Crippen LogP contribution in [0.15, 0.2) is 18.2 Å². The molecule has 0 radical (unpaired) electrons. The molecule has 0 spiro atoms. The molecule has 0 saturated heterocycles. The lowest BCUT2D eigenvalue weighted by Gasteiger charge is -2.24. The highest BCUT2D eigenvalue weighted by molar-refractivity contribution is 5.35. The van der Waals surface area contributed by atoms with Gasteiger partial charge in [0.2, 0.25) is 0 Å². The van der Waals surface area contributed by atoms with E-state index in [1.165, 1.54) is 50.5 Å². The molecule has 0 aliphatic rings. The van der Waals surface area contributed by atoms with E-state index in [9.17, 15) is 5.11 Å². The Kier molecular flexibility index (Phi) is 10.5. The molecule has 2 nitrogen and oxygen atoms in total. The molecule has 0 amide bonds. The highest BCUT2D eigenvalue weighted by Gasteiger charge is 2.12. The SMILES string of the molecule is CCCCCCCCCc1ccc(O)c(C[N+](C)(C)C)c1.[Cl-]. The van der Waals surface area contributed by atoms with Crippen molar-refractivity contribution in [1.29, 1.82) is 0 Å². The van der Waals surface area contributed by atoms with Gasteiger partial charge in [-0.25, -0.2) is 0 Å². The summed E-state index contributed by atoms with van der Waals surface area (Å²) >= 11 is 0. The number of phenols is 1. The summed E-state index contributed by atoms with van der Waals surface area (Å²) in [6.07, 6.45) is 10.6. The maximum absolute atomic E-state index is 9.98. The molecule has 0 unspecified atom stereocenters. The number of phenolic OH excluding ortho intramolecular Hbond substituents is 1. The van der Waals surface area contributed by atoms with Crippen LogP contribution >= 0.6 is 0 Å². The number of rotatable bonds is 10. The third-order valence-electron chi connectivity index (χ3n) is 3.86. The quantitative estimate of drug-likeness (QED) is 0.514. The van der Waals surface area contributed by atoms with Crippen molar-refractivity contribution in [2.24, 2.45) is 0 Å². The van der Waals surface area contributed by atoms with Crippen LogP contribution in [0.4, 0.5) is 0 Å². The summed E-state index contributed by atoms with van der Waals surface area (Å²) in [6, 6.07) is 6.13. The number of quaternary nitrogens is 1. The number of benzene rings is 1. The Bertz CT molecular complexity index is 412. The van der Waals surface area contributed by atoms with E-state index in [1.807, 2.05) is 6.07 Å². The fraction of sp³-hybridized carbons (Fsp3) is 0.684. The first-order valence-corrected chi connectivity index (χ1v) is 8.53. The van der Waals surface area contributed by atoms with Crippen molar-refractivity contribution in [3.63, 3.8) is 0 Å². The predicted molar refractivity (Wildman–Crippen MR) is 91.5 cm³/mol. The van der Waals surface area contributed by atoms with Gasteiger partial charge in [0.1, 0.15) is 12.3 Å². The molecule has 128 valence electrons. The fourth-order valence-corrected chi connectivity index (χ4v) is 2.72. The van der Waals surface area contributed by atoms with Gasteiger partial charge in [-0.05, 0) is 30.5 Å². The average molecular weight is 328 g/mol. The van der Waals surface area contributed by atoms with Crippen LogP contribution in [0.2, 0.25) is 0 Å². The Labute approximate surface area is 143 Å². The van der Waals surface area contributed by atoms with E-state index in [-0.39, 0.29) is 12.4 Å². The minimum absolute atomic E-state index is 0. The van der Waals surface area contributed by atoms with Crippen molar-refractivity contribution < 1.29 is 22.0 Å². The number of halogens is 1. The molecule has 0 saturated carbocycles. The molecular formula is C19H34ClNO. The standard InChI is InChI=1S/C19H33NO.ClH/c1-5-6-7-8-9-10-11-12-17-13-14-19(21)18(15-17)16-20(2,3)4;/h13-15H,5-12,16H2,1-4H3;1H. The van der Waals surface area contributed by atoms with E-state index >= 15 is 0 Å². The molecule has 3 heteroatoms. The summed E-state index contributed by atoms with van der Waals surface area (Å²) in [6.45, 7) is 3.13. The second-order valence-electron chi connectivity index (χ2n) is 7.28. The van der Waals surface area contributed by atoms with E-state index in [2.05, 4.69) is 40.2 Å². The summed E-state index contributed by atoms with van der Waals surface area (Å²) in [5.74, 6) is 0.436. The van der Waals surface area contributed by atoms with Crippen molar-refractivity contribution in [3.8, 4) is 5.75 Å². The molecule has 0 aliphatic heterocycles. The van der Waals surface area contributed by atoms with Crippen LogP contribution in [0.5, 0.6) is 5.75 Å². The molecule has 0 fully saturated rings. The van der Waals surface area contributed by atoms with Crippen molar-refractivity contribution in [1.82, 2.24) is 0 Å². The number of aromatic hydroxyl groups is 1. The minimum atomic E-state index is 0. The Morgan fingerprint density at radius 2 is 1.50 bits per heavy atom. The van der Waals surface area contributed by atoms with Gasteiger partial charge in [0.25, 0.3) is 0 Å². The molecule has 1 aromatic carbocycles. The van der Waals surface area contributed by atoms with Crippen molar-refractivity contribution >= 4 is 0 Å². The van der Waals surface area contributed by atoms with Gasteiger partial charge >= 0.3 is 0 Å². The smallest absolute Gasteiger partial charge is 0.124 e. The predicted octanol–water partition coefficient (Wildman–Crippen LogP) is 1.90. The largest absolute Gasteiger partial charge is 1.00 e. The highest BCUT2D eigenvalue weighted by atomic mass is 35.5. The first kappa shape index (κ1) is 21.3. The fourth-order valence-electron chi connectivity index (χ4n) is 2.72. The molecule has 0 aliphatic carbocycles. The van der Waals surface area contributed by atoms with Crippen molar-refractivity contribution in [2.75, 3.05) is 21.1 Å². The van der Waals surface area contributed by atoms with E-state index in [1.54, 1.807) is 0 Å². The first-order valence-electron chi connectivity index (χ1n) is 8.53. The Morgan fingerprint density at radius 3 is 2.09 bits per heavy atom. The molecule has 1 N–H and O–H groups in total. The molecular weight excluding hydrogens is 294 g/mol. The van der Waals surface area contributed by atoms with Gasteiger partial charge in [-0.15, -0.1) is 0 Å². The summed E-state index contributed by atoms with van der Waals surface area (Å²) in [5.41, 5.74) is 2.44. The van der Waals surface area contributed by atoms with Gasteiger partial charge in [-0.3, -0.25) is 0 Å². The van der Waals surface area contributed by atoms with Gasteiger partial charge in [0.15, 0.2) is 0 Å². The van der Waals surface area contributed by atoms with Crippen LogP contribution in [-0.2, 0) is 13.0 Å². The van der Waals surface area contributed by atoms with Crippen LogP contribution < -0.4 is 12.4 Å². The van der Waals surface area contributed by atoms with E-state index in [0.29, 0.717) is 5.75 Å². The number of unbranched alkanes of at least 4 members (excludes halogenated alkanes) is 6. The molecule has 22 heavy (non-hydrogen) atoms. The third kappa shape index (κ3) is 9.32. The monoisotopic (exact) mass is 327 g/mol. The summed E-state index contributed by atoms with van der Waals surface area (Å²) in [7, 11) is 6.47. The topological polar surface area (TPSA) is 20.2 Å². The van der Waals surface area contributed by atoms with E-state index in [0.717, 1.165) is 23.0 Å². The maximum atomic E-state index is 9.98. The molecule has 0 aromatic heterocycles. The summed E-state index contributed by atoms with van der Waals surface area (Å²) in [5, 5.41) is 9.98. The van der Waals surface area contributed by atoms with Gasteiger partial charge in [0.05, 0.1) is 21.1 Å². The minimum Gasteiger partial charge on any atom is -1.00 e. The Morgan fingerprint density at radius 1 is 0.909 bits per heavy atom. The first-order chi connectivity index (χ1) is 9.92. The number of hydrogen-bond acceptors (Lipinski definition) is 1. The van der Waals surface area contributed by atoms with Crippen LogP contribution in [0, 0.1) is 0 Å². The van der Waals surface area contributed by atoms with Gasteiger partial charge in [-0.2, -0.15) is 0 Å². The lowest BCUT2D eigenvalue weighted by Crippen LogP contribution is -3.00. The van der Waals surface area contributed by atoms with Crippen LogP contribution in [0.1, 0.15) is 63.0 Å². The summed E-state index contributed by atoms with van der Waals surface area (Å²) < 4.78 is 0.842. The van der Waals surface area contributed by atoms with Gasteiger partial charge < -0.3 is 22.0 Å². The van der Waals surface area contributed by atoms with Crippen LogP contribution in [0.25, 0.3) is 0 Å². The molecule has 0 atom stereocenters. The number of nitrogens with zero attached hydrogens (tertiary/aromatic N) is 1. The summed E-state index contributed by atoms with van der Waals surface area (Å²) in [4.78, 5) is 0. The normalized spacial score (nSPS) is 11.3. The van der Waals surface area contributed by atoms with Crippen molar-refractivity contribution in [3.05, 3.63) is 29.3 Å². The molecule has 1 aromatic rings. The molecule has 0 bridgehead atoms. The van der Waals surface area contributed by atoms with Crippen molar-refractivity contribution in [2.45, 2.75) is 64.8 Å². The molecule has 1 rings (SSSR count). The zero-order chi connectivity index (χ0) is 15.7. The lowest BCUT2D eigenvalue weighted by molar-refractivity contribution is -0.884. The number of aryl methyl sites for hydroxylation is 1. The highest BCUT2D eigenvalue weighted by Crippen LogP contribution is 2.22. The lowest BCUT2D eigenvalue weighted by atomic mass is 10.0. The Hall–Kier alpha value is -0.730. The second kappa shape index (κ2) is 10.9. The van der Waals surface area contributed by atoms with Gasteiger partial charge in [-0.1, -0.05) is 51.5 Å². The molecule has 0 heterocycles.